The maximum absolute atomic E-state index is 4.62. The van der Waals surface area contributed by atoms with Crippen molar-refractivity contribution < 1.29 is 0 Å². The molecule has 2 rings (SSSR count). The van der Waals surface area contributed by atoms with Crippen LogP contribution in [0, 0.1) is 6.92 Å². The molecule has 0 fully saturated rings. The largest absolute Gasteiger partial charge is 0.363 e. The van der Waals surface area contributed by atoms with Crippen LogP contribution in [0.25, 0.3) is 0 Å². The number of nitrogens with one attached hydrogen (secondary N) is 2. The molecule has 6 heteroatoms. The summed E-state index contributed by atoms with van der Waals surface area (Å²) in [6, 6.07) is 10.3. The highest BCUT2D eigenvalue weighted by Gasteiger charge is 2.02. The Kier molecular flexibility index (Phi) is 6.40. The number of aryl methyl sites for hydroxylation is 1. The van der Waals surface area contributed by atoms with Crippen LogP contribution in [0.3, 0.4) is 0 Å². The van der Waals surface area contributed by atoms with Crippen molar-refractivity contribution in [2.45, 2.75) is 26.9 Å². The summed E-state index contributed by atoms with van der Waals surface area (Å²) in [4.78, 5) is 13.8. The van der Waals surface area contributed by atoms with Gasteiger partial charge in [-0.3, -0.25) is 0 Å². The van der Waals surface area contributed by atoms with E-state index < -0.39 is 0 Å². The number of aromatic nitrogens is 1. The van der Waals surface area contributed by atoms with E-state index in [0.29, 0.717) is 6.54 Å². The zero-order valence-corrected chi connectivity index (χ0v) is 15.1. The summed E-state index contributed by atoms with van der Waals surface area (Å²) in [5, 5.41) is 6.64. The summed E-state index contributed by atoms with van der Waals surface area (Å²) >= 11 is 1.80. The predicted molar refractivity (Wildman–Crippen MR) is 99.3 cm³/mol. The molecule has 0 aliphatic rings. The van der Waals surface area contributed by atoms with Gasteiger partial charge < -0.3 is 15.5 Å². The van der Waals surface area contributed by atoms with Crippen LogP contribution >= 0.6 is 11.3 Å². The Morgan fingerprint density at radius 3 is 2.70 bits per heavy atom. The lowest BCUT2D eigenvalue weighted by Crippen LogP contribution is -2.36. The summed E-state index contributed by atoms with van der Waals surface area (Å²) in [5.74, 6) is 1.76. The van der Waals surface area contributed by atoms with Crippen LogP contribution in [0.2, 0.25) is 0 Å². The molecule has 5 nitrogen and oxygen atoms in total. The topological polar surface area (TPSA) is 52.6 Å². The Bertz CT molecular complexity index is 648. The molecule has 0 unspecified atom stereocenters. The van der Waals surface area contributed by atoms with Gasteiger partial charge in [0.25, 0.3) is 0 Å². The van der Waals surface area contributed by atoms with Crippen molar-refractivity contribution in [1.29, 1.82) is 0 Å². The number of guanidine groups is 1. The third-order valence-corrected chi connectivity index (χ3v) is 4.22. The molecule has 0 aliphatic heterocycles. The van der Waals surface area contributed by atoms with Gasteiger partial charge in [-0.05, 0) is 38.1 Å². The maximum atomic E-state index is 4.62. The average molecular weight is 331 g/mol. The molecule has 2 N–H and O–H groups in total. The van der Waals surface area contributed by atoms with Crippen LogP contribution in [0.4, 0.5) is 5.82 Å². The summed E-state index contributed by atoms with van der Waals surface area (Å²) in [5.41, 5.74) is 0.959. The highest BCUT2D eigenvalue weighted by Crippen LogP contribution is 2.14. The summed E-state index contributed by atoms with van der Waals surface area (Å²) in [6.45, 7) is 6.37. The Morgan fingerprint density at radius 2 is 2.04 bits per heavy atom. The Labute approximate surface area is 142 Å². The minimum Gasteiger partial charge on any atom is -0.363 e. The fourth-order valence-electron chi connectivity index (χ4n) is 2.06. The van der Waals surface area contributed by atoms with Gasteiger partial charge in [0.05, 0.1) is 18.8 Å². The zero-order chi connectivity index (χ0) is 16.7. The highest BCUT2D eigenvalue weighted by atomic mass is 32.1. The number of nitrogens with zero attached hydrogens (tertiary/aromatic N) is 3. The molecule has 124 valence electrons. The van der Waals surface area contributed by atoms with Crippen LogP contribution < -0.4 is 15.5 Å². The average Bonchev–Trinajstić information content (AvgIpc) is 2.96. The van der Waals surface area contributed by atoms with Gasteiger partial charge in [-0.25, -0.2) is 9.98 Å². The number of pyridine rings is 1. The SMILES string of the molecule is CCNC(=NCc1cccc(N(C)C)n1)NCc1ccc(C)s1. The molecule has 0 aromatic carbocycles. The second-order valence-corrected chi connectivity index (χ2v) is 6.82. The normalized spacial score (nSPS) is 11.4. The molecular formula is C17H25N5S. The molecule has 0 atom stereocenters. The van der Waals surface area contributed by atoms with E-state index in [-0.39, 0.29) is 0 Å². The number of rotatable bonds is 6. The van der Waals surface area contributed by atoms with Crippen LogP contribution in [-0.4, -0.2) is 31.6 Å². The van der Waals surface area contributed by atoms with Crippen molar-refractivity contribution in [2.75, 3.05) is 25.5 Å². The van der Waals surface area contributed by atoms with E-state index in [2.05, 4.69) is 46.6 Å². The van der Waals surface area contributed by atoms with Gasteiger partial charge in [0.15, 0.2) is 5.96 Å². The lowest BCUT2D eigenvalue weighted by molar-refractivity contribution is 0.818. The zero-order valence-electron chi connectivity index (χ0n) is 14.3. The van der Waals surface area contributed by atoms with Gasteiger partial charge in [-0.15, -0.1) is 11.3 Å². The second kappa shape index (κ2) is 8.53. The van der Waals surface area contributed by atoms with Gasteiger partial charge in [0, 0.05) is 30.4 Å². The van der Waals surface area contributed by atoms with Crippen molar-refractivity contribution in [3.05, 3.63) is 45.8 Å². The van der Waals surface area contributed by atoms with Crippen molar-refractivity contribution in [2.24, 2.45) is 4.99 Å². The van der Waals surface area contributed by atoms with Crippen LogP contribution in [0.1, 0.15) is 22.4 Å². The van der Waals surface area contributed by atoms with E-state index in [9.17, 15) is 0 Å². The van der Waals surface area contributed by atoms with E-state index in [0.717, 1.165) is 30.6 Å². The van der Waals surface area contributed by atoms with Crippen LogP contribution in [-0.2, 0) is 13.1 Å². The summed E-state index contributed by atoms with van der Waals surface area (Å²) in [6.07, 6.45) is 0. The fourth-order valence-corrected chi connectivity index (χ4v) is 2.89. The van der Waals surface area contributed by atoms with E-state index in [4.69, 9.17) is 0 Å². The molecule has 0 amide bonds. The van der Waals surface area contributed by atoms with Crippen molar-refractivity contribution in [3.8, 4) is 0 Å². The number of aliphatic imine (C=N–C) groups is 1. The van der Waals surface area contributed by atoms with E-state index in [1.807, 2.05) is 37.2 Å². The first-order chi connectivity index (χ1) is 11.1. The Balaban J connectivity index is 1.99. The highest BCUT2D eigenvalue weighted by molar-refractivity contribution is 7.11. The third kappa shape index (κ3) is 5.56. The number of hydrogen-bond acceptors (Lipinski definition) is 4. The lowest BCUT2D eigenvalue weighted by atomic mass is 10.3. The van der Waals surface area contributed by atoms with Gasteiger partial charge in [-0.1, -0.05) is 6.07 Å². The molecule has 23 heavy (non-hydrogen) atoms. The second-order valence-electron chi connectivity index (χ2n) is 5.44. The molecular weight excluding hydrogens is 306 g/mol. The molecule has 2 aromatic rings. The Morgan fingerprint density at radius 1 is 1.22 bits per heavy atom. The molecule has 2 aromatic heterocycles. The molecule has 0 bridgehead atoms. The quantitative estimate of drug-likeness (QED) is 0.631. The van der Waals surface area contributed by atoms with E-state index >= 15 is 0 Å². The molecule has 0 spiro atoms. The number of hydrogen-bond donors (Lipinski definition) is 2. The van der Waals surface area contributed by atoms with Gasteiger partial charge in [-0.2, -0.15) is 0 Å². The third-order valence-electron chi connectivity index (χ3n) is 3.22. The van der Waals surface area contributed by atoms with Gasteiger partial charge in [0.2, 0.25) is 0 Å². The monoisotopic (exact) mass is 331 g/mol. The van der Waals surface area contributed by atoms with E-state index in [1.54, 1.807) is 11.3 Å². The first-order valence-electron chi connectivity index (χ1n) is 7.79. The van der Waals surface area contributed by atoms with Crippen LogP contribution in [0.15, 0.2) is 35.3 Å². The summed E-state index contributed by atoms with van der Waals surface area (Å²) < 4.78 is 0. The first kappa shape index (κ1) is 17.3. The first-order valence-corrected chi connectivity index (χ1v) is 8.61. The standard InChI is InChI=1S/C17H25N5S/c1-5-18-17(20-12-15-10-9-13(2)23-15)19-11-14-7-6-8-16(21-14)22(3)4/h6-10H,5,11-12H2,1-4H3,(H2,18,19,20). The molecule has 0 aliphatic carbocycles. The lowest BCUT2D eigenvalue weighted by Gasteiger charge is -2.12. The van der Waals surface area contributed by atoms with Gasteiger partial charge >= 0.3 is 0 Å². The number of thiophene rings is 1. The van der Waals surface area contributed by atoms with Crippen molar-refractivity contribution in [3.63, 3.8) is 0 Å². The van der Waals surface area contributed by atoms with Crippen molar-refractivity contribution in [1.82, 2.24) is 15.6 Å². The summed E-state index contributed by atoms with van der Waals surface area (Å²) in [7, 11) is 3.98. The van der Waals surface area contributed by atoms with E-state index in [1.165, 1.54) is 9.75 Å². The maximum Gasteiger partial charge on any atom is 0.191 e. The molecule has 0 radical (unpaired) electrons. The fraction of sp³-hybridized carbons (Fsp3) is 0.412. The van der Waals surface area contributed by atoms with Crippen molar-refractivity contribution >= 4 is 23.1 Å². The van der Waals surface area contributed by atoms with Gasteiger partial charge in [0.1, 0.15) is 5.82 Å². The predicted octanol–water partition coefficient (Wildman–Crippen LogP) is 2.77. The molecule has 0 saturated carbocycles. The molecule has 0 saturated heterocycles. The minimum atomic E-state index is 0.556. The molecule has 2 heterocycles. The minimum absolute atomic E-state index is 0.556. The number of anilines is 1. The smallest absolute Gasteiger partial charge is 0.191 e. The Hall–Kier alpha value is -2.08. The van der Waals surface area contributed by atoms with Crippen LogP contribution in [0.5, 0.6) is 0 Å².